The van der Waals surface area contributed by atoms with Gasteiger partial charge < -0.3 is 15.4 Å². The van der Waals surface area contributed by atoms with Gasteiger partial charge in [-0.2, -0.15) is 10.1 Å². The number of hydrogen-bond donors (Lipinski definition) is 2. The fraction of sp³-hybridized carbons (Fsp3) is 0.267. The third kappa shape index (κ3) is 7.19. The summed E-state index contributed by atoms with van der Waals surface area (Å²) < 4.78 is 5.89. The second-order valence-electron chi connectivity index (χ2n) is 10.3. The number of amidine groups is 1. The third-order valence-corrected chi connectivity index (χ3v) is 7.54. The van der Waals surface area contributed by atoms with Crippen molar-refractivity contribution >= 4 is 69.7 Å². The first-order valence-electron chi connectivity index (χ1n) is 12.9. The molecule has 3 aromatic carbocycles. The molecule has 0 bridgehead atoms. The van der Waals surface area contributed by atoms with E-state index >= 15 is 0 Å². The minimum Gasteiger partial charge on any atom is -0.483 e. The summed E-state index contributed by atoms with van der Waals surface area (Å²) in [4.78, 5) is 38.2. The van der Waals surface area contributed by atoms with Crippen molar-refractivity contribution in [1.82, 2.24) is 5.32 Å². The molecule has 1 aliphatic rings. The standard InChI is InChI=1S/C30H29Cl3N4O4/c1-5-30(3,4)21-11-17(2)9-10-24(21)41-16-26(38)34-20-8-6-7-18(12-20)29(40)35-25-15-27(39)37(36-25)28-22(32)13-19(31)14-23(28)33/h6-14H,5,15-16H2,1-4H3,(H,34,38)(H,35,36,40). The van der Waals surface area contributed by atoms with Crippen LogP contribution in [0.15, 0.2) is 59.7 Å². The largest absolute Gasteiger partial charge is 0.483 e. The number of ether oxygens (including phenoxy) is 1. The predicted molar refractivity (Wildman–Crippen MR) is 164 cm³/mol. The fourth-order valence-corrected chi connectivity index (χ4v) is 5.16. The molecule has 0 aliphatic carbocycles. The topological polar surface area (TPSA) is 100 Å². The van der Waals surface area contributed by atoms with E-state index in [-0.39, 0.29) is 51.5 Å². The Morgan fingerprint density at radius 3 is 2.41 bits per heavy atom. The first-order valence-corrected chi connectivity index (χ1v) is 14.0. The van der Waals surface area contributed by atoms with Crippen LogP contribution in [0.2, 0.25) is 15.1 Å². The molecule has 41 heavy (non-hydrogen) atoms. The SMILES string of the molecule is CCC(C)(C)c1cc(C)ccc1OCC(=O)Nc1cccc(C(=O)NC2=NN(c3c(Cl)cc(Cl)cc3Cl)C(=O)C2)c1. The van der Waals surface area contributed by atoms with Gasteiger partial charge in [0.2, 0.25) is 0 Å². The quantitative estimate of drug-likeness (QED) is 0.281. The van der Waals surface area contributed by atoms with Crippen LogP contribution < -0.4 is 20.4 Å². The highest BCUT2D eigenvalue weighted by Crippen LogP contribution is 2.38. The van der Waals surface area contributed by atoms with Gasteiger partial charge in [0.05, 0.1) is 16.5 Å². The van der Waals surface area contributed by atoms with Gasteiger partial charge in [-0.05, 0) is 55.2 Å². The fourth-order valence-electron chi connectivity index (χ4n) is 4.18. The lowest BCUT2D eigenvalue weighted by Gasteiger charge is -2.26. The normalized spacial score (nSPS) is 13.2. The van der Waals surface area contributed by atoms with Crippen LogP contribution in [0.1, 0.15) is 55.1 Å². The molecule has 1 aliphatic heterocycles. The Bertz CT molecular complexity index is 1530. The number of rotatable bonds is 8. The van der Waals surface area contributed by atoms with Gasteiger partial charge in [0.25, 0.3) is 17.7 Å². The summed E-state index contributed by atoms with van der Waals surface area (Å²) >= 11 is 18.4. The zero-order valence-electron chi connectivity index (χ0n) is 23.0. The molecular weight excluding hydrogens is 587 g/mol. The highest BCUT2D eigenvalue weighted by atomic mass is 35.5. The van der Waals surface area contributed by atoms with E-state index in [0.29, 0.717) is 16.5 Å². The molecule has 0 unspecified atom stereocenters. The van der Waals surface area contributed by atoms with Crippen molar-refractivity contribution in [1.29, 1.82) is 0 Å². The summed E-state index contributed by atoms with van der Waals surface area (Å²) in [6.07, 6.45) is 0.750. The first-order chi connectivity index (χ1) is 19.4. The lowest BCUT2D eigenvalue weighted by Crippen LogP contribution is -2.30. The van der Waals surface area contributed by atoms with Crippen LogP contribution >= 0.6 is 34.8 Å². The van der Waals surface area contributed by atoms with E-state index in [0.717, 1.165) is 22.6 Å². The van der Waals surface area contributed by atoms with E-state index in [9.17, 15) is 14.4 Å². The van der Waals surface area contributed by atoms with Crippen LogP contribution in [0.3, 0.4) is 0 Å². The summed E-state index contributed by atoms with van der Waals surface area (Å²) in [5, 5.41) is 11.2. The molecule has 0 saturated heterocycles. The van der Waals surface area contributed by atoms with Crippen LogP contribution in [-0.2, 0) is 15.0 Å². The molecule has 3 aromatic rings. The van der Waals surface area contributed by atoms with Crippen LogP contribution in [0.25, 0.3) is 0 Å². The second-order valence-corrected chi connectivity index (χ2v) is 11.5. The molecule has 3 amide bonds. The minimum absolute atomic E-state index is 0.113. The highest BCUT2D eigenvalue weighted by Gasteiger charge is 2.30. The number of carbonyl (C=O) groups is 3. The Morgan fingerprint density at radius 2 is 1.73 bits per heavy atom. The monoisotopic (exact) mass is 614 g/mol. The number of benzene rings is 3. The average Bonchev–Trinajstić information content (AvgIpc) is 3.26. The molecule has 0 aromatic heterocycles. The maximum atomic E-state index is 12.9. The van der Waals surface area contributed by atoms with E-state index in [2.05, 4.69) is 42.6 Å². The van der Waals surface area contributed by atoms with Crippen LogP contribution in [0.4, 0.5) is 11.4 Å². The molecule has 0 fully saturated rings. The van der Waals surface area contributed by atoms with E-state index in [1.807, 2.05) is 19.1 Å². The number of hydrazone groups is 1. The van der Waals surface area contributed by atoms with Crippen molar-refractivity contribution in [2.45, 2.75) is 46.0 Å². The number of nitrogens with zero attached hydrogens (tertiary/aromatic N) is 2. The Morgan fingerprint density at radius 1 is 1.02 bits per heavy atom. The number of amides is 3. The number of hydrogen-bond acceptors (Lipinski definition) is 5. The van der Waals surface area contributed by atoms with Crippen molar-refractivity contribution in [2.75, 3.05) is 16.9 Å². The molecule has 0 spiro atoms. The van der Waals surface area contributed by atoms with Gasteiger partial charge in [-0.3, -0.25) is 14.4 Å². The lowest BCUT2D eigenvalue weighted by molar-refractivity contribution is -0.118. The van der Waals surface area contributed by atoms with E-state index in [4.69, 9.17) is 39.5 Å². The van der Waals surface area contributed by atoms with Gasteiger partial charge in [-0.25, -0.2) is 0 Å². The maximum Gasteiger partial charge on any atom is 0.262 e. The van der Waals surface area contributed by atoms with Gasteiger partial charge in [-0.15, -0.1) is 0 Å². The molecule has 4 rings (SSSR count). The first kappa shape index (κ1) is 30.4. The van der Waals surface area contributed by atoms with E-state index in [1.54, 1.807) is 18.2 Å². The summed E-state index contributed by atoms with van der Waals surface area (Å²) in [5.41, 5.74) is 2.89. The zero-order valence-corrected chi connectivity index (χ0v) is 25.2. The van der Waals surface area contributed by atoms with Gasteiger partial charge in [-0.1, -0.05) is 79.3 Å². The average molecular weight is 616 g/mol. The maximum absolute atomic E-state index is 12.9. The Balaban J connectivity index is 1.41. The Labute approximate surface area is 253 Å². The number of nitrogens with one attached hydrogen (secondary N) is 2. The molecule has 2 N–H and O–H groups in total. The number of halogens is 3. The molecule has 0 atom stereocenters. The van der Waals surface area contributed by atoms with E-state index in [1.165, 1.54) is 18.2 Å². The summed E-state index contributed by atoms with van der Waals surface area (Å²) in [6, 6.07) is 15.2. The number of anilines is 2. The van der Waals surface area contributed by atoms with Gasteiger partial charge in [0, 0.05) is 21.8 Å². The molecule has 0 saturated carbocycles. The van der Waals surface area contributed by atoms with Crippen molar-refractivity contribution < 1.29 is 19.1 Å². The van der Waals surface area contributed by atoms with Gasteiger partial charge in [0.15, 0.2) is 6.61 Å². The van der Waals surface area contributed by atoms with Crippen LogP contribution in [-0.4, -0.2) is 30.2 Å². The lowest BCUT2D eigenvalue weighted by atomic mass is 9.81. The van der Waals surface area contributed by atoms with Crippen molar-refractivity contribution in [3.63, 3.8) is 0 Å². The summed E-state index contributed by atoms with van der Waals surface area (Å²) in [5.74, 6) is -0.528. The van der Waals surface area contributed by atoms with Crippen LogP contribution in [0.5, 0.6) is 5.75 Å². The Kier molecular flexibility index (Phi) is 9.27. The second kappa shape index (κ2) is 12.5. The predicted octanol–water partition coefficient (Wildman–Crippen LogP) is 7.14. The zero-order chi connectivity index (χ0) is 29.9. The van der Waals surface area contributed by atoms with Gasteiger partial charge >= 0.3 is 0 Å². The van der Waals surface area contributed by atoms with Gasteiger partial charge in [0.1, 0.15) is 17.3 Å². The molecule has 1 heterocycles. The van der Waals surface area contributed by atoms with Crippen molar-refractivity contribution in [3.8, 4) is 5.75 Å². The summed E-state index contributed by atoms with van der Waals surface area (Å²) in [7, 11) is 0. The molecule has 0 radical (unpaired) electrons. The molecule has 11 heteroatoms. The van der Waals surface area contributed by atoms with Crippen molar-refractivity contribution in [2.24, 2.45) is 5.10 Å². The minimum atomic E-state index is -0.509. The van der Waals surface area contributed by atoms with Crippen LogP contribution in [0, 0.1) is 6.92 Å². The molecule has 8 nitrogen and oxygen atoms in total. The molecule has 214 valence electrons. The van der Waals surface area contributed by atoms with Crippen molar-refractivity contribution in [3.05, 3.63) is 86.4 Å². The smallest absolute Gasteiger partial charge is 0.262 e. The Hall–Kier alpha value is -3.59. The molecular formula is C30H29Cl3N4O4. The summed E-state index contributed by atoms with van der Waals surface area (Å²) in [6.45, 7) is 8.21. The van der Waals surface area contributed by atoms with E-state index < -0.39 is 11.8 Å². The number of aryl methyl sites for hydroxylation is 1. The third-order valence-electron chi connectivity index (χ3n) is 6.74. The highest BCUT2D eigenvalue weighted by molar-refractivity contribution is 6.42. The number of carbonyl (C=O) groups excluding carboxylic acids is 3.